The fourth-order valence-corrected chi connectivity index (χ4v) is 5.84. The Hall–Kier alpha value is -1.97. The van der Waals surface area contributed by atoms with Crippen molar-refractivity contribution in [3.05, 3.63) is 45.9 Å². The Bertz CT molecular complexity index is 950. The van der Waals surface area contributed by atoms with Crippen molar-refractivity contribution in [1.82, 2.24) is 19.9 Å². The molecular weight excluding hydrogens is 418 g/mol. The summed E-state index contributed by atoms with van der Waals surface area (Å²) in [6.45, 7) is 4.59. The van der Waals surface area contributed by atoms with Crippen LogP contribution < -0.4 is 10.6 Å². The van der Waals surface area contributed by atoms with Crippen LogP contribution in [0.5, 0.6) is 0 Å². The largest absolute Gasteiger partial charge is 0.356 e. The zero-order chi connectivity index (χ0) is 21.4. The molecule has 1 aromatic carbocycles. The molecule has 0 amide bonds. The lowest BCUT2D eigenvalue weighted by molar-refractivity contribution is 0.346. The first-order chi connectivity index (χ1) is 14.5. The Morgan fingerprint density at radius 1 is 1.23 bits per heavy atom. The Kier molecular flexibility index (Phi) is 8.24. The minimum Gasteiger partial charge on any atom is -0.356 e. The molecule has 0 unspecified atom stereocenters. The highest BCUT2D eigenvalue weighted by atomic mass is 32.2. The van der Waals surface area contributed by atoms with Gasteiger partial charge in [-0.05, 0) is 37.0 Å². The standard InChI is InChI=1S/C21H31N5O2S2/c1-3-18-16-24-20(29-18)10-11-23-21(22-2)25-15-17-8-7-9-19(14-17)30(27,28)26-12-5-4-6-13-26/h7-9,14,16H,3-6,10-13,15H2,1-2H3,(H2,22,23,25). The van der Waals surface area contributed by atoms with Crippen molar-refractivity contribution in [3.63, 3.8) is 0 Å². The molecule has 0 atom stereocenters. The summed E-state index contributed by atoms with van der Waals surface area (Å²) in [7, 11) is -1.69. The van der Waals surface area contributed by atoms with E-state index in [0.717, 1.165) is 49.2 Å². The van der Waals surface area contributed by atoms with E-state index in [4.69, 9.17) is 0 Å². The van der Waals surface area contributed by atoms with Gasteiger partial charge in [0.15, 0.2) is 5.96 Å². The van der Waals surface area contributed by atoms with E-state index in [1.807, 2.05) is 12.3 Å². The number of aryl methyl sites for hydroxylation is 1. The van der Waals surface area contributed by atoms with E-state index < -0.39 is 10.0 Å². The van der Waals surface area contributed by atoms with Crippen LogP contribution in [-0.2, 0) is 29.4 Å². The molecule has 9 heteroatoms. The number of aromatic nitrogens is 1. The zero-order valence-corrected chi connectivity index (χ0v) is 19.4. The molecule has 7 nitrogen and oxygen atoms in total. The highest BCUT2D eigenvalue weighted by Crippen LogP contribution is 2.21. The van der Waals surface area contributed by atoms with Crippen molar-refractivity contribution in [2.75, 3.05) is 26.7 Å². The van der Waals surface area contributed by atoms with Gasteiger partial charge in [-0.2, -0.15) is 4.31 Å². The molecule has 1 aromatic heterocycles. The smallest absolute Gasteiger partial charge is 0.243 e. The number of sulfonamides is 1. The van der Waals surface area contributed by atoms with Crippen LogP contribution in [0.2, 0.25) is 0 Å². The first-order valence-corrected chi connectivity index (χ1v) is 12.8. The summed E-state index contributed by atoms with van der Waals surface area (Å²) in [4.78, 5) is 10.3. The second-order valence-corrected chi connectivity index (χ2v) is 10.4. The van der Waals surface area contributed by atoms with Gasteiger partial charge in [-0.25, -0.2) is 13.4 Å². The highest BCUT2D eigenvalue weighted by Gasteiger charge is 2.25. The summed E-state index contributed by atoms with van der Waals surface area (Å²) in [5.74, 6) is 0.687. The van der Waals surface area contributed by atoms with E-state index >= 15 is 0 Å². The van der Waals surface area contributed by atoms with Gasteiger partial charge in [0.1, 0.15) is 0 Å². The maximum absolute atomic E-state index is 12.9. The summed E-state index contributed by atoms with van der Waals surface area (Å²) < 4.78 is 27.4. The molecule has 0 saturated carbocycles. The van der Waals surface area contributed by atoms with E-state index in [0.29, 0.717) is 30.5 Å². The quantitative estimate of drug-likeness (QED) is 0.478. The fraction of sp³-hybridized carbons (Fsp3) is 0.524. The fourth-order valence-electron chi connectivity index (χ4n) is 3.39. The normalized spacial score (nSPS) is 15.9. The number of piperidine rings is 1. The minimum absolute atomic E-state index is 0.363. The van der Waals surface area contributed by atoms with Crippen molar-refractivity contribution < 1.29 is 8.42 Å². The Labute approximate surface area is 183 Å². The minimum atomic E-state index is -3.42. The zero-order valence-electron chi connectivity index (χ0n) is 17.7. The Morgan fingerprint density at radius 2 is 2.03 bits per heavy atom. The number of benzene rings is 1. The number of thiazole rings is 1. The van der Waals surface area contributed by atoms with Crippen LogP contribution in [0.15, 0.2) is 40.4 Å². The third kappa shape index (κ3) is 6.02. The highest BCUT2D eigenvalue weighted by molar-refractivity contribution is 7.89. The molecule has 2 N–H and O–H groups in total. The lowest BCUT2D eigenvalue weighted by atomic mass is 10.2. The van der Waals surface area contributed by atoms with Gasteiger partial charge in [0.25, 0.3) is 0 Å². The summed E-state index contributed by atoms with van der Waals surface area (Å²) in [5, 5.41) is 7.67. The number of nitrogens with zero attached hydrogens (tertiary/aromatic N) is 3. The van der Waals surface area contributed by atoms with E-state index in [1.54, 1.807) is 40.9 Å². The second kappa shape index (κ2) is 10.9. The number of aliphatic imine (C=N–C) groups is 1. The van der Waals surface area contributed by atoms with Gasteiger partial charge in [0, 0.05) is 50.7 Å². The first-order valence-electron chi connectivity index (χ1n) is 10.5. The molecule has 30 heavy (non-hydrogen) atoms. The predicted octanol–water partition coefficient (Wildman–Crippen LogP) is 2.79. The van der Waals surface area contributed by atoms with Crippen LogP contribution in [0.4, 0.5) is 0 Å². The van der Waals surface area contributed by atoms with Crippen molar-refractivity contribution in [2.24, 2.45) is 4.99 Å². The average molecular weight is 450 g/mol. The number of nitrogens with one attached hydrogen (secondary N) is 2. The first kappa shape index (κ1) is 22.7. The van der Waals surface area contributed by atoms with E-state index in [-0.39, 0.29) is 0 Å². The lowest BCUT2D eigenvalue weighted by Gasteiger charge is -2.26. The van der Waals surface area contributed by atoms with Crippen LogP contribution >= 0.6 is 11.3 Å². The van der Waals surface area contributed by atoms with Crippen LogP contribution in [0.25, 0.3) is 0 Å². The van der Waals surface area contributed by atoms with Gasteiger partial charge in [-0.15, -0.1) is 11.3 Å². The van der Waals surface area contributed by atoms with Gasteiger partial charge in [0.05, 0.1) is 9.90 Å². The van der Waals surface area contributed by atoms with Crippen LogP contribution in [0.3, 0.4) is 0 Å². The Morgan fingerprint density at radius 3 is 2.73 bits per heavy atom. The van der Waals surface area contributed by atoms with Crippen molar-refractivity contribution >= 4 is 27.3 Å². The number of rotatable bonds is 8. The van der Waals surface area contributed by atoms with E-state index in [9.17, 15) is 8.42 Å². The number of guanidine groups is 1. The monoisotopic (exact) mass is 449 g/mol. The molecule has 0 radical (unpaired) electrons. The molecule has 0 spiro atoms. The van der Waals surface area contributed by atoms with Crippen molar-refractivity contribution in [1.29, 1.82) is 0 Å². The molecule has 164 valence electrons. The summed E-state index contributed by atoms with van der Waals surface area (Å²) in [6, 6.07) is 7.17. The third-order valence-electron chi connectivity index (χ3n) is 5.12. The summed E-state index contributed by atoms with van der Waals surface area (Å²) in [5.41, 5.74) is 0.906. The molecule has 0 aliphatic carbocycles. The summed E-state index contributed by atoms with van der Waals surface area (Å²) >= 11 is 1.75. The van der Waals surface area contributed by atoms with Crippen molar-refractivity contribution in [3.8, 4) is 0 Å². The second-order valence-electron chi connectivity index (χ2n) is 7.29. The van der Waals surface area contributed by atoms with Gasteiger partial charge in [-0.1, -0.05) is 25.5 Å². The predicted molar refractivity (Wildman–Crippen MR) is 122 cm³/mol. The molecule has 1 saturated heterocycles. The molecule has 2 aromatic rings. The molecule has 1 fully saturated rings. The maximum atomic E-state index is 12.9. The van der Waals surface area contributed by atoms with Gasteiger partial charge < -0.3 is 10.6 Å². The van der Waals surface area contributed by atoms with E-state index in [2.05, 4.69) is 27.5 Å². The average Bonchev–Trinajstić information content (AvgIpc) is 3.25. The van der Waals surface area contributed by atoms with E-state index in [1.165, 1.54) is 4.88 Å². The van der Waals surface area contributed by atoms with Crippen LogP contribution in [0.1, 0.15) is 41.6 Å². The molecule has 2 heterocycles. The SMILES string of the molecule is CCc1cnc(CCNC(=NC)NCc2cccc(S(=O)(=O)N3CCCCC3)c2)s1. The van der Waals surface area contributed by atoms with Gasteiger partial charge >= 0.3 is 0 Å². The third-order valence-corrected chi connectivity index (χ3v) is 8.21. The van der Waals surface area contributed by atoms with Gasteiger partial charge in [-0.3, -0.25) is 4.99 Å². The topological polar surface area (TPSA) is 86.7 Å². The van der Waals surface area contributed by atoms with Crippen LogP contribution in [0, 0.1) is 0 Å². The molecule has 0 bridgehead atoms. The molecule has 1 aliphatic heterocycles. The van der Waals surface area contributed by atoms with Crippen LogP contribution in [-0.4, -0.2) is 50.3 Å². The molecule has 3 rings (SSSR count). The lowest BCUT2D eigenvalue weighted by Crippen LogP contribution is -2.38. The summed E-state index contributed by atoms with van der Waals surface area (Å²) in [6.07, 6.45) is 6.77. The number of hydrogen-bond donors (Lipinski definition) is 2. The molecule has 1 aliphatic rings. The number of hydrogen-bond acceptors (Lipinski definition) is 5. The van der Waals surface area contributed by atoms with Gasteiger partial charge in [0.2, 0.25) is 10.0 Å². The Balaban J connectivity index is 1.53. The molecular formula is C21H31N5O2S2. The maximum Gasteiger partial charge on any atom is 0.243 e. The van der Waals surface area contributed by atoms with Crippen molar-refractivity contribution in [2.45, 2.75) is 50.5 Å².